The van der Waals surface area contributed by atoms with Gasteiger partial charge in [0.2, 0.25) is 0 Å². The highest BCUT2D eigenvalue weighted by Gasteiger charge is 2.22. The Hall–Kier alpha value is -4.88. The average Bonchev–Trinajstić information content (AvgIpc) is 3.83. The molecule has 0 atom stereocenters. The molecule has 0 aliphatic carbocycles. The number of rotatable bonds is 11. The predicted octanol–water partition coefficient (Wildman–Crippen LogP) is 8.92. The first-order valence-corrected chi connectivity index (χ1v) is 16.9. The van der Waals surface area contributed by atoms with Crippen LogP contribution in [-0.2, 0) is 22.4 Å². The topological polar surface area (TPSA) is 149 Å². The van der Waals surface area contributed by atoms with Crippen molar-refractivity contribution in [3.63, 3.8) is 0 Å². The average molecular weight is 687 g/mol. The van der Waals surface area contributed by atoms with Crippen molar-refractivity contribution in [1.82, 2.24) is 0 Å². The lowest BCUT2D eigenvalue weighted by Gasteiger charge is -2.00. The molecule has 0 spiro atoms. The first-order chi connectivity index (χ1) is 22.0. The summed E-state index contributed by atoms with van der Waals surface area (Å²) in [7, 11) is 0. The van der Waals surface area contributed by atoms with Crippen molar-refractivity contribution in [3.8, 4) is 50.1 Å². The summed E-state index contributed by atoms with van der Waals surface area (Å²) < 4.78 is 0. The number of carboxylic acid groups (broad SMARTS) is 4. The second-order valence-corrected chi connectivity index (χ2v) is 14.4. The first kappa shape index (κ1) is 31.1. The fourth-order valence-corrected chi connectivity index (χ4v) is 9.68. The van der Waals surface area contributed by atoms with E-state index < -0.39 is 23.9 Å². The van der Waals surface area contributed by atoms with E-state index in [0.717, 1.165) is 50.1 Å². The maximum Gasteiger partial charge on any atom is 0.335 e. The highest BCUT2D eigenvalue weighted by molar-refractivity contribution is 7.29. The van der Waals surface area contributed by atoms with Crippen LogP contribution in [0.2, 0.25) is 0 Å². The second kappa shape index (κ2) is 12.9. The van der Waals surface area contributed by atoms with Gasteiger partial charge in [0.25, 0.3) is 0 Å². The monoisotopic (exact) mass is 686 g/mol. The summed E-state index contributed by atoms with van der Waals surface area (Å²) in [5, 5.41) is 38.2. The van der Waals surface area contributed by atoms with Gasteiger partial charge in [-0.1, -0.05) is 24.3 Å². The van der Waals surface area contributed by atoms with E-state index in [1.54, 1.807) is 24.3 Å². The summed E-state index contributed by atoms with van der Waals surface area (Å²) in [5.74, 6) is -4.00. The van der Waals surface area contributed by atoms with Crippen LogP contribution in [0.15, 0.2) is 84.9 Å². The van der Waals surface area contributed by atoms with Crippen LogP contribution in [0.3, 0.4) is 0 Å². The molecule has 6 rings (SSSR count). The smallest absolute Gasteiger partial charge is 0.335 e. The number of hydrogen-bond acceptors (Lipinski definition) is 8. The van der Waals surface area contributed by atoms with Crippen molar-refractivity contribution in [2.45, 2.75) is 12.8 Å². The lowest BCUT2D eigenvalue weighted by Crippen LogP contribution is -1.99. The summed E-state index contributed by atoms with van der Waals surface area (Å²) in [6.07, 6.45) is -0.394. The second-order valence-electron chi connectivity index (χ2n) is 10.2. The van der Waals surface area contributed by atoms with Crippen molar-refractivity contribution in [1.29, 1.82) is 0 Å². The standard InChI is InChI=1S/C34H22O8S4/c35-29(36)15-21-13-27(45-31(21)25-9-7-23(43-25)17-3-1-5-19(11-17)33(39)40)28-14-22(16-30(37)38)32(46-28)26-10-8-24(44-26)18-4-2-6-20(12-18)34(41)42/h1-14H,15-16H2,(H,35,36)(H,37,38)(H,39,40)(H,41,42). The molecule has 0 unspecified atom stereocenters. The molecule has 2 aromatic carbocycles. The van der Waals surface area contributed by atoms with E-state index in [-0.39, 0.29) is 24.0 Å². The number of aliphatic carboxylic acids is 2. The molecule has 46 heavy (non-hydrogen) atoms. The number of benzene rings is 2. The number of thiophene rings is 4. The van der Waals surface area contributed by atoms with E-state index >= 15 is 0 Å². The molecule has 6 aromatic rings. The molecule has 0 radical (unpaired) electrons. The van der Waals surface area contributed by atoms with E-state index in [1.807, 2.05) is 48.5 Å². The molecule has 0 amide bonds. The largest absolute Gasteiger partial charge is 0.481 e. The van der Waals surface area contributed by atoms with Crippen molar-refractivity contribution in [3.05, 3.63) is 107 Å². The van der Waals surface area contributed by atoms with Crippen LogP contribution in [0.25, 0.3) is 50.1 Å². The molecule has 0 aliphatic heterocycles. The van der Waals surface area contributed by atoms with E-state index in [2.05, 4.69) is 0 Å². The van der Waals surface area contributed by atoms with Gasteiger partial charge in [0.1, 0.15) is 0 Å². The number of aromatic carboxylic acids is 2. The van der Waals surface area contributed by atoms with Gasteiger partial charge in [-0.05, 0) is 82.9 Å². The lowest BCUT2D eigenvalue weighted by atomic mass is 10.1. The van der Waals surface area contributed by atoms with Crippen LogP contribution in [0.4, 0.5) is 0 Å². The Bertz CT molecular complexity index is 1990. The van der Waals surface area contributed by atoms with Gasteiger partial charge in [0.05, 0.1) is 24.0 Å². The van der Waals surface area contributed by atoms with Crippen molar-refractivity contribution < 1.29 is 39.6 Å². The minimum absolute atomic E-state index is 0.176. The molecule has 4 heterocycles. The van der Waals surface area contributed by atoms with Crippen LogP contribution in [-0.4, -0.2) is 44.3 Å². The highest BCUT2D eigenvalue weighted by atomic mass is 32.1. The molecule has 4 aromatic heterocycles. The van der Waals surface area contributed by atoms with Gasteiger partial charge in [-0.3, -0.25) is 9.59 Å². The minimum Gasteiger partial charge on any atom is -0.481 e. The Morgan fingerprint density at radius 1 is 0.457 bits per heavy atom. The van der Waals surface area contributed by atoms with Gasteiger partial charge in [-0.15, -0.1) is 45.3 Å². The number of hydrogen-bond donors (Lipinski definition) is 4. The molecule has 0 saturated heterocycles. The third kappa shape index (κ3) is 6.56. The molecule has 12 heteroatoms. The number of carbonyl (C=O) groups is 4. The normalized spacial score (nSPS) is 11.0. The molecule has 4 N–H and O–H groups in total. The van der Waals surface area contributed by atoms with Crippen LogP contribution in [0, 0.1) is 0 Å². The van der Waals surface area contributed by atoms with Crippen LogP contribution >= 0.6 is 45.3 Å². The number of carboxylic acids is 4. The highest BCUT2D eigenvalue weighted by Crippen LogP contribution is 2.48. The van der Waals surface area contributed by atoms with Crippen molar-refractivity contribution in [2.75, 3.05) is 0 Å². The molecular formula is C34H22O8S4. The predicted molar refractivity (Wildman–Crippen MR) is 182 cm³/mol. The molecule has 0 aliphatic rings. The van der Waals surface area contributed by atoms with E-state index in [1.165, 1.54) is 57.5 Å². The molecule has 0 bridgehead atoms. The summed E-state index contributed by atoms with van der Waals surface area (Å²) in [6.45, 7) is 0. The molecule has 230 valence electrons. The van der Waals surface area contributed by atoms with Crippen molar-refractivity contribution >= 4 is 69.2 Å². The summed E-state index contributed by atoms with van der Waals surface area (Å²) in [6, 6.07) is 24.5. The van der Waals surface area contributed by atoms with Crippen LogP contribution < -0.4 is 0 Å². The molecular weight excluding hydrogens is 665 g/mol. The fourth-order valence-electron chi connectivity index (χ4n) is 4.95. The molecule has 0 saturated carbocycles. The SMILES string of the molecule is O=C(O)Cc1cc(-c2cc(CC(=O)O)c(-c3ccc(-c4cccc(C(=O)O)c4)s3)s2)sc1-c1ccc(-c2cccc(C(=O)O)c2)s1. The van der Waals surface area contributed by atoms with E-state index in [9.17, 15) is 39.6 Å². The quantitative estimate of drug-likeness (QED) is 0.106. The van der Waals surface area contributed by atoms with Gasteiger partial charge in [-0.25, -0.2) is 9.59 Å². The van der Waals surface area contributed by atoms with Gasteiger partial charge >= 0.3 is 23.9 Å². The Kier molecular flexibility index (Phi) is 8.69. The zero-order chi connectivity index (χ0) is 32.5. The molecule has 0 fully saturated rings. The van der Waals surface area contributed by atoms with Gasteiger partial charge in [0, 0.05) is 39.0 Å². The van der Waals surface area contributed by atoms with Crippen LogP contribution in [0.1, 0.15) is 31.8 Å². The van der Waals surface area contributed by atoms with Crippen molar-refractivity contribution in [2.24, 2.45) is 0 Å². The van der Waals surface area contributed by atoms with E-state index in [4.69, 9.17) is 0 Å². The summed E-state index contributed by atoms with van der Waals surface area (Å²) in [5.41, 5.74) is 3.11. The Balaban J connectivity index is 1.38. The third-order valence-electron chi connectivity index (χ3n) is 6.99. The van der Waals surface area contributed by atoms with Gasteiger partial charge < -0.3 is 20.4 Å². The van der Waals surface area contributed by atoms with Gasteiger partial charge in [-0.2, -0.15) is 0 Å². The van der Waals surface area contributed by atoms with Gasteiger partial charge in [0.15, 0.2) is 0 Å². The Morgan fingerprint density at radius 3 is 1.22 bits per heavy atom. The summed E-state index contributed by atoms with van der Waals surface area (Å²) in [4.78, 5) is 53.2. The maximum atomic E-state index is 11.8. The molecule has 8 nitrogen and oxygen atoms in total. The maximum absolute atomic E-state index is 11.8. The Labute approximate surface area is 277 Å². The minimum atomic E-state index is -1.02. The van der Waals surface area contributed by atoms with E-state index in [0.29, 0.717) is 11.1 Å². The third-order valence-corrected chi connectivity index (χ3v) is 12.2. The summed E-state index contributed by atoms with van der Waals surface area (Å²) >= 11 is 5.74. The first-order valence-electron chi connectivity index (χ1n) is 13.6. The van der Waals surface area contributed by atoms with Crippen LogP contribution in [0.5, 0.6) is 0 Å². The Morgan fingerprint density at radius 2 is 0.848 bits per heavy atom. The lowest BCUT2D eigenvalue weighted by molar-refractivity contribution is -0.137. The fraction of sp³-hybridized carbons (Fsp3) is 0.0588. The zero-order valence-electron chi connectivity index (χ0n) is 23.6. The zero-order valence-corrected chi connectivity index (χ0v) is 26.8.